The van der Waals surface area contributed by atoms with Crippen molar-refractivity contribution in [2.75, 3.05) is 0 Å². The summed E-state index contributed by atoms with van der Waals surface area (Å²) in [6.45, 7) is 6.01. The van der Waals surface area contributed by atoms with Gasteiger partial charge in [-0.25, -0.2) is 9.36 Å². The van der Waals surface area contributed by atoms with Gasteiger partial charge in [0.1, 0.15) is 0 Å². The molecular formula is C12H14N6. The van der Waals surface area contributed by atoms with Crippen molar-refractivity contribution in [3.63, 3.8) is 0 Å². The second-order valence-corrected chi connectivity index (χ2v) is 4.45. The van der Waals surface area contributed by atoms with Crippen LogP contribution in [-0.4, -0.2) is 29.8 Å². The number of hydrogen-bond acceptors (Lipinski definition) is 3. The second-order valence-electron chi connectivity index (χ2n) is 4.45. The zero-order valence-corrected chi connectivity index (χ0v) is 10.5. The van der Waals surface area contributed by atoms with Crippen molar-refractivity contribution in [1.29, 1.82) is 0 Å². The molecule has 0 aliphatic carbocycles. The minimum absolute atomic E-state index is 0.797. The van der Waals surface area contributed by atoms with Crippen molar-refractivity contribution in [2.24, 2.45) is 0 Å². The van der Waals surface area contributed by atoms with Crippen LogP contribution in [0.5, 0.6) is 0 Å². The summed E-state index contributed by atoms with van der Waals surface area (Å²) in [4.78, 5) is 0. The van der Waals surface area contributed by atoms with Crippen LogP contribution in [0.25, 0.3) is 11.6 Å². The van der Waals surface area contributed by atoms with E-state index in [-0.39, 0.29) is 0 Å². The molecule has 6 nitrogen and oxygen atoms in total. The Kier molecular flexibility index (Phi) is 2.29. The van der Waals surface area contributed by atoms with Gasteiger partial charge in [0.2, 0.25) is 0 Å². The maximum atomic E-state index is 4.30. The molecule has 3 rings (SSSR count). The molecule has 1 N–H and O–H groups in total. The fourth-order valence-electron chi connectivity index (χ4n) is 1.89. The summed E-state index contributed by atoms with van der Waals surface area (Å²) in [6.07, 6.45) is 7.53. The fourth-order valence-corrected chi connectivity index (χ4v) is 1.89. The highest BCUT2D eigenvalue weighted by atomic mass is 15.4. The normalized spacial score (nSPS) is 11.1. The summed E-state index contributed by atoms with van der Waals surface area (Å²) >= 11 is 0. The molecule has 0 aromatic carbocycles. The first-order valence-corrected chi connectivity index (χ1v) is 5.73. The molecule has 3 heterocycles. The molecule has 0 atom stereocenters. The van der Waals surface area contributed by atoms with Crippen molar-refractivity contribution in [2.45, 2.75) is 20.8 Å². The van der Waals surface area contributed by atoms with E-state index in [0.29, 0.717) is 0 Å². The number of aromatic amines is 1. The Morgan fingerprint density at radius 2 is 1.56 bits per heavy atom. The minimum Gasteiger partial charge on any atom is -0.259 e. The Labute approximate surface area is 104 Å². The molecule has 18 heavy (non-hydrogen) atoms. The largest absolute Gasteiger partial charge is 0.259 e. The topological polar surface area (TPSA) is 64.3 Å². The molecule has 6 heteroatoms. The number of nitrogens with one attached hydrogen (secondary N) is 1. The van der Waals surface area contributed by atoms with Gasteiger partial charge in [0, 0.05) is 18.0 Å². The van der Waals surface area contributed by atoms with E-state index in [1.807, 2.05) is 45.6 Å². The average molecular weight is 242 g/mol. The van der Waals surface area contributed by atoms with Crippen LogP contribution in [0.1, 0.15) is 16.7 Å². The Morgan fingerprint density at radius 3 is 2.11 bits per heavy atom. The van der Waals surface area contributed by atoms with Gasteiger partial charge in [-0.1, -0.05) is 0 Å². The van der Waals surface area contributed by atoms with Gasteiger partial charge in [0.15, 0.2) is 11.6 Å². The van der Waals surface area contributed by atoms with E-state index in [1.54, 1.807) is 9.36 Å². The van der Waals surface area contributed by atoms with Gasteiger partial charge in [-0.2, -0.15) is 15.3 Å². The van der Waals surface area contributed by atoms with Gasteiger partial charge in [-0.15, -0.1) is 0 Å². The van der Waals surface area contributed by atoms with Crippen molar-refractivity contribution in [3.8, 4) is 11.6 Å². The van der Waals surface area contributed by atoms with E-state index < -0.39 is 0 Å². The Balaban J connectivity index is 2.08. The smallest absolute Gasteiger partial charge is 0.180 e. The molecule has 0 aliphatic heterocycles. The molecule has 0 radical (unpaired) electrons. The standard InChI is InChI=1S/C12H14N6/c1-8-4-13-17(6-8)11-10(3)12(16-15-11)18-7-9(2)5-14-18/h4-7H,1-3H3,(H,15,16). The highest BCUT2D eigenvalue weighted by Crippen LogP contribution is 2.17. The van der Waals surface area contributed by atoms with Crippen molar-refractivity contribution >= 4 is 0 Å². The Morgan fingerprint density at radius 1 is 0.944 bits per heavy atom. The summed E-state index contributed by atoms with van der Waals surface area (Å²) in [5.74, 6) is 1.66. The third kappa shape index (κ3) is 1.62. The summed E-state index contributed by atoms with van der Waals surface area (Å²) in [5, 5.41) is 15.8. The van der Waals surface area contributed by atoms with Gasteiger partial charge in [0.05, 0.1) is 12.4 Å². The second kappa shape index (κ2) is 3.83. The van der Waals surface area contributed by atoms with Crippen LogP contribution < -0.4 is 0 Å². The van der Waals surface area contributed by atoms with E-state index in [2.05, 4.69) is 20.4 Å². The number of nitrogens with zero attached hydrogens (tertiary/aromatic N) is 5. The van der Waals surface area contributed by atoms with Crippen molar-refractivity contribution in [1.82, 2.24) is 29.8 Å². The Hall–Kier alpha value is -2.37. The van der Waals surface area contributed by atoms with Crippen LogP contribution in [0.15, 0.2) is 24.8 Å². The van der Waals surface area contributed by atoms with Crippen LogP contribution in [0, 0.1) is 20.8 Å². The first-order valence-electron chi connectivity index (χ1n) is 5.73. The van der Waals surface area contributed by atoms with E-state index in [0.717, 1.165) is 28.3 Å². The zero-order chi connectivity index (χ0) is 12.7. The van der Waals surface area contributed by atoms with Gasteiger partial charge < -0.3 is 0 Å². The van der Waals surface area contributed by atoms with Crippen LogP contribution in [0.2, 0.25) is 0 Å². The number of aryl methyl sites for hydroxylation is 2. The SMILES string of the molecule is Cc1cnn(-c2n[nH]c(-n3cc(C)cn3)c2C)c1. The molecule has 92 valence electrons. The molecule has 0 unspecified atom stereocenters. The first kappa shape index (κ1) is 10.8. The van der Waals surface area contributed by atoms with Gasteiger partial charge in [-0.3, -0.25) is 5.10 Å². The average Bonchev–Trinajstić information content (AvgIpc) is 3.00. The molecule has 3 aromatic heterocycles. The lowest BCUT2D eigenvalue weighted by molar-refractivity contribution is 0.819. The molecule has 0 saturated carbocycles. The third-order valence-electron chi connectivity index (χ3n) is 2.83. The van der Waals surface area contributed by atoms with E-state index >= 15 is 0 Å². The van der Waals surface area contributed by atoms with Crippen LogP contribution in [0.3, 0.4) is 0 Å². The Bertz CT molecular complexity index is 629. The third-order valence-corrected chi connectivity index (χ3v) is 2.83. The van der Waals surface area contributed by atoms with Gasteiger partial charge >= 0.3 is 0 Å². The number of hydrogen-bond donors (Lipinski definition) is 1. The highest BCUT2D eigenvalue weighted by molar-refractivity contribution is 5.43. The van der Waals surface area contributed by atoms with Crippen LogP contribution in [-0.2, 0) is 0 Å². The predicted octanol–water partition coefficient (Wildman–Crippen LogP) is 1.71. The lowest BCUT2D eigenvalue weighted by Gasteiger charge is -1.99. The monoisotopic (exact) mass is 242 g/mol. The summed E-state index contributed by atoms with van der Waals surface area (Å²) in [6, 6.07) is 0. The van der Waals surface area contributed by atoms with E-state index in [1.165, 1.54) is 0 Å². The summed E-state index contributed by atoms with van der Waals surface area (Å²) in [5.41, 5.74) is 3.23. The maximum Gasteiger partial charge on any atom is 0.180 e. The van der Waals surface area contributed by atoms with Crippen LogP contribution >= 0.6 is 0 Å². The van der Waals surface area contributed by atoms with E-state index in [4.69, 9.17) is 0 Å². The molecule has 3 aromatic rings. The summed E-state index contributed by atoms with van der Waals surface area (Å²) in [7, 11) is 0. The lowest BCUT2D eigenvalue weighted by Crippen LogP contribution is -1.99. The van der Waals surface area contributed by atoms with Crippen molar-refractivity contribution in [3.05, 3.63) is 41.5 Å². The quantitative estimate of drug-likeness (QED) is 0.744. The first-order chi connectivity index (χ1) is 8.65. The molecule has 0 bridgehead atoms. The molecule has 0 aliphatic rings. The van der Waals surface area contributed by atoms with Gasteiger partial charge in [0.25, 0.3) is 0 Å². The minimum atomic E-state index is 0.797. The summed E-state index contributed by atoms with van der Waals surface area (Å²) < 4.78 is 3.55. The predicted molar refractivity (Wildman–Crippen MR) is 67.0 cm³/mol. The molecule has 0 spiro atoms. The number of aromatic nitrogens is 6. The molecule has 0 amide bonds. The maximum absolute atomic E-state index is 4.30. The van der Waals surface area contributed by atoms with Gasteiger partial charge in [-0.05, 0) is 31.9 Å². The highest BCUT2D eigenvalue weighted by Gasteiger charge is 2.13. The zero-order valence-electron chi connectivity index (χ0n) is 10.5. The van der Waals surface area contributed by atoms with Crippen LogP contribution in [0.4, 0.5) is 0 Å². The lowest BCUT2D eigenvalue weighted by atomic mass is 10.3. The number of rotatable bonds is 2. The van der Waals surface area contributed by atoms with E-state index in [9.17, 15) is 0 Å². The fraction of sp³-hybridized carbons (Fsp3) is 0.250. The molecule has 0 fully saturated rings. The number of H-pyrrole nitrogens is 1. The van der Waals surface area contributed by atoms with Crippen molar-refractivity contribution < 1.29 is 0 Å². The molecule has 0 saturated heterocycles. The molecular weight excluding hydrogens is 228 g/mol.